The predicted octanol–water partition coefficient (Wildman–Crippen LogP) is 2.97. The first kappa shape index (κ1) is 17.9. The largest absolute Gasteiger partial charge is 0.390 e. The van der Waals surface area contributed by atoms with Crippen LogP contribution < -0.4 is 0 Å². The summed E-state index contributed by atoms with van der Waals surface area (Å²) in [4.78, 5) is 0. The quantitative estimate of drug-likeness (QED) is 0.867. The van der Waals surface area contributed by atoms with Crippen LogP contribution in [-0.2, 0) is 14.2 Å². The Hall–Kier alpha value is -0.160. The van der Waals surface area contributed by atoms with Crippen molar-refractivity contribution in [2.75, 3.05) is 7.11 Å². The number of ether oxygens (including phenoxy) is 3. The van der Waals surface area contributed by atoms with E-state index in [0.717, 1.165) is 6.42 Å². The van der Waals surface area contributed by atoms with Crippen molar-refractivity contribution in [3.8, 4) is 0 Å². The zero-order chi connectivity index (χ0) is 15.7. The zero-order valence-corrected chi connectivity index (χ0v) is 14.3. The van der Waals surface area contributed by atoms with E-state index in [2.05, 4.69) is 27.7 Å². The molecule has 5 unspecified atom stereocenters. The Kier molecular flexibility index (Phi) is 5.64. The van der Waals surface area contributed by atoms with Crippen molar-refractivity contribution in [1.29, 1.82) is 0 Å². The standard InChI is InChI=1S/C16H32O4/c1-9-10-11(15(2,3)4)12(17)13(18-8)14(19-10)20-16(5,6)7/h10-14,17H,9H2,1-8H3. The topological polar surface area (TPSA) is 47.9 Å². The molecule has 0 aliphatic carbocycles. The Bertz CT molecular complexity index is 301. The van der Waals surface area contributed by atoms with E-state index < -0.39 is 18.5 Å². The van der Waals surface area contributed by atoms with Gasteiger partial charge in [-0.2, -0.15) is 0 Å². The number of rotatable bonds is 3. The van der Waals surface area contributed by atoms with Crippen LogP contribution in [0.4, 0.5) is 0 Å². The van der Waals surface area contributed by atoms with Crippen LogP contribution in [0.5, 0.6) is 0 Å². The first-order chi connectivity index (χ1) is 9.01. The number of methoxy groups -OCH3 is 1. The fraction of sp³-hybridized carbons (Fsp3) is 1.00. The minimum absolute atomic E-state index is 0.0243. The van der Waals surface area contributed by atoms with Crippen molar-refractivity contribution in [3.05, 3.63) is 0 Å². The molecule has 0 saturated carbocycles. The minimum Gasteiger partial charge on any atom is -0.390 e. The van der Waals surface area contributed by atoms with Gasteiger partial charge < -0.3 is 19.3 Å². The first-order valence-electron chi connectivity index (χ1n) is 7.55. The molecule has 1 aliphatic rings. The van der Waals surface area contributed by atoms with E-state index in [9.17, 15) is 5.11 Å². The van der Waals surface area contributed by atoms with Crippen LogP contribution in [0.2, 0.25) is 0 Å². The number of hydrogen-bond acceptors (Lipinski definition) is 4. The van der Waals surface area contributed by atoms with Gasteiger partial charge in [0.1, 0.15) is 6.10 Å². The molecule has 0 bridgehead atoms. The maximum Gasteiger partial charge on any atom is 0.187 e. The first-order valence-corrected chi connectivity index (χ1v) is 7.55. The molecule has 1 heterocycles. The summed E-state index contributed by atoms with van der Waals surface area (Å²) in [5, 5.41) is 10.7. The molecule has 20 heavy (non-hydrogen) atoms. The van der Waals surface area contributed by atoms with Crippen molar-refractivity contribution >= 4 is 0 Å². The summed E-state index contributed by atoms with van der Waals surface area (Å²) in [6, 6.07) is 0. The van der Waals surface area contributed by atoms with Gasteiger partial charge in [-0.3, -0.25) is 0 Å². The van der Waals surface area contributed by atoms with E-state index in [1.54, 1.807) is 7.11 Å². The fourth-order valence-electron chi connectivity index (χ4n) is 3.03. The monoisotopic (exact) mass is 288 g/mol. The molecule has 120 valence electrons. The summed E-state index contributed by atoms with van der Waals surface area (Å²) in [6.45, 7) is 14.4. The van der Waals surface area contributed by atoms with Crippen LogP contribution in [0.1, 0.15) is 54.9 Å². The van der Waals surface area contributed by atoms with E-state index in [-0.39, 0.29) is 23.0 Å². The number of hydrogen-bond donors (Lipinski definition) is 1. The summed E-state index contributed by atoms with van der Waals surface area (Å²) in [5.41, 5.74) is -0.391. The highest BCUT2D eigenvalue weighted by atomic mass is 16.7. The van der Waals surface area contributed by atoms with Crippen LogP contribution >= 0.6 is 0 Å². The second-order valence-electron chi connectivity index (χ2n) is 7.76. The lowest BCUT2D eigenvalue weighted by Crippen LogP contribution is -2.60. The second-order valence-corrected chi connectivity index (χ2v) is 7.76. The van der Waals surface area contributed by atoms with E-state index in [4.69, 9.17) is 14.2 Å². The van der Waals surface area contributed by atoms with Crippen LogP contribution in [-0.4, -0.2) is 42.4 Å². The van der Waals surface area contributed by atoms with Gasteiger partial charge in [0.15, 0.2) is 6.29 Å². The van der Waals surface area contributed by atoms with Crippen LogP contribution in [0.15, 0.2) is 0 Å². The van der Waals surface area contributed by atoms with Gasteiger partial charge >= 0.3 is 0 Å². The van der Waals surface area contributed by atoms with Gasteiger partial charge in [-0.1, -0.05) is 27.7 Å². The van der Waals surface area contributed by atoms with Crippen molar-refractivity contribution in [2.24, 2.45) is 11.3 Å². The van der Waals surface area contributed by atoms with E-state index >= 15 is 0 Å². The van der Waals surface area contributed by atoms with Gasteiger partial charge in [-0.05, 0) is 32.6 Å². The van der Waals surface area contributed by atoms with Gasteiger partial charge in [0, 0.05) is 13.0 Å². The van der Waals surface area contributed by atoms with Gasteiger partial charge in [-0.15, -0.1) is 0 Å². The molecule has 1 fully saturated rings. The number of aliphatic hydroxyl groups is 1. The Morgan fingerprint density at radius 3 is 2.00 bits per heavy atom. The van der Waals surface area contributed by atoms with E-state index in [1.165, 1.54) is 0 Å². The molecule has 0 spiro atoms. The van der Waals surface area contributed by atoms with Gasteiger partial charge in [0.25, 0.3) is 0 Å². The van der Waals surface area contributed by atoms with Gasteiger partial charge in [0.2, 0.25) is 0 Å². The summed E-state index contributed by atoms with van der Waals surface area (Å²) in [5.74, 6) is 0.0252. The van der Waals surface area contributed by atoms with Crippen LogP contribution in [0.25, 0.3) is 0 Å². The number of aliphatic hydroxyl groups excluding tert-OH is 1. The maximum atomic E-state index is 10.7. The zero-order valence-electron chi connectivity index (χ0n) is 14.3. The third-order valence-corrected chi connectivity index (χ3v) is 3.83. The second kappa shape index (κ2) is 6.30. The molecule has 1 rings (SSSR count). The van der Waals surface area contributed by atoms with Crippen molar-refractivity contribution < 1.29 is 19.3 Å². The Labute approximate surface area is 123 Å². The molecule has 0 aromatic carbocycles. The lowest BCUT2D eigenvalue weighted by molar-refractivity contribution is -0.322. The molecule has 4 nitrogen and oxygen atoms in total. The predicted molar refractivity (Wildman–Crippen MR) is 79.5 cm³/mol. The third-order valence-electron chi connectivity index (χ3n) is 3.83. The molecule has 1 aliphatic heterocycles. The van der Waals surface area contributed by atoms with Crippen molar-refractivity contribution in [3.63, 3.8) is 0 Å². The lowest BCUT2D eigenvalue weighted by Gasteiger charge is -2.49. The molecular weight excluding hydrogens is 256 g/mol. The molecule has 0 aromatic rings. The van der Waals surface area contributed by atoms with Crippen LogP contribution in [0, 0.1) is 11.3 Å². The SMILES string of the molecule is CCC1OC(OC(C)(C)C)C(OC)C(O)C1C(C)(C)C. The molecule has 4 heteroatoms. The van der Waals surface area contributed by atoms with Gasteiger partial charge in [-0.25, -0.2) is 0 Å². The van der Waals surface area contributed by atoms with E-state index in [0.29, 0.717) is 0 Å². The molecule has 0 amide bonds. The normalized spacial score (nSPS) is 36.1. The smallest absolute Gasteiger partial charge is 0.187 e. The lowest BCUT2D eigenvalue weighted by atomic mass is 9.70. The molecule has 0 radical (unpaired) electrons. The Morgan fingerprint density at radius 2 is 1.65 bits per heavy atom. The average molecular weight is 288 g/mol. The Balaban J connectivity index is 3.00. The fourth-order valence-corrected chi connectivity index (χ4v) is 3.03. The summed E-state index contributed by atoms with van der Waals surface area (Å²) >= 11 is 0. The molecule has 1 saturated heterocycles. The summed E-state index contributed by atoms with van der Waals surface area (Å²) in [6.07, 6.45) is -0.756. The summed E-state index contributed by atoms with van der Waals surface area (Å²) < 4.78 is 17.5. The highest BCUT2D eigenvalue weighted by molar-refractivity contribution is 4.95. The van der Waals surface area contributed by atoms with Crippen LogP contribution in [0.3, 0.4) is 0 Å². The highest BCUT2D eigenvalue weighted by Gasteiger charge is 2.50. The molecule has 5 atom stereocenters. The summed E-state index contributed by atoms with van der Waals surface area (Å²) in [7, 11) is 1.60. The minimum atomic E-state index is -0.592. The van der Waals surface area contributed by atoms with Gasteiger partial charge in [0.05, 0.1) is 17.8 Å². The maximum absolute atomic E-state index is 10.7. The molecule has 0 aromatic heterocycles. The molecular formula is C16H32O4. The third kappa shape index (κ3) is 4.17. The average Bonchev–Trinajstić information content (AvgIpc) is 2.24. The molecule has 1 N–H and O–H groups in total. The van der Waals surface area contributed by atoms with Crippen molar-refractivity contribution in [1.82, 2.24) is 0 Å². The van der Waals surface area contributed by atoms with Crippen molar-refractivity contribution in [2.45, 2.75) is 85.1 Å². The highest BCUT2D eigenvalue weighted by Crippen LogP contribution is 2.41. The van der Waals surface area contributed by atoms with E-state index in [1.807, 2.05) is 20.8 Å². The Morgan fingerprint density at radius 1 is 1.10 bits per heavy atom.